The maximum absolute atomic E-state index is 12.4. The Morgan fingerprint density at radius 2 is 1.91 bits per heavy atom. The molecule has 0 saturated carbocycles. The quantitative estimate of drug-likeness (QED) is 0.893. The zero-order valence-corrected chi connectivity index (χ0v) is 15.8. The third kappa shape index (κ3) is 5.53. The van der Waals surface area contributed by atoms with E-state index in [9.17, 15) is 9.90 Å². The Kier molecular flexibility index (Phi) is 5.85. The van der Waals surface area contributed by atoms with Crippen molar-refractivity contribution >= 4 is 11.8 Å². The molecule has 6 heteroatoms. The summed E-state index contributed by atoms with van der Waals surface area (Å²) in [6.45, 7) is 14.7. The van der Waals surface area contributed by atoms with Gasteiger partial charge in [-0.25, -0.2) is 9.48 Å². The molecule has 0 radical (unpaired) electrons. The molecule has 0 aromatic carbocycles. The van der Waals surface area contributed by atoms with Crippen LogP contribution in [0.15, 0.2) is 6.07 Å². The van der Waals surface area contributed by atoms with Crippen LogP contribution < -0.4 is 5.32 Å². The summed E-state index contributed by atoms with van der Waals surface area (Å²) in [5.74, 6) is 0.691. The highest BCUT2D eigenvalue weighted by Gasteiger charge is 2.26. The molecular formula is C17H32N4O2. The standard InChI is InChI=1S/C17H32N4O2/c1-12(22)9-10-20(8)15(23)18-14-11-13(16(2,3)4)19-21(14)17(5,6)7/h11-12,22H,9-10H2,1-8H3,(H,18,23). The van der Waals surface area contributed by atoms with Crippen molar-refractivity contribution in [2.45, 2.75) is 71.9 Å². The predicted octanol–water partition coefficient (Wildman–Crippen LogP) is 3.17. The predicted molar refractivity (Wildman–Crippen MR) is 93.9 cm³/mol. The molecule has 1 rings (SSSR count). The van der Waals surface area contributed by atoms with Crippen molar-refractivity contribution in [3.63, 3.8) is 0 Å². The van der Waals surface area contributed by atoms with Crippen molar-refractivity contribution in [1.29, 1.82) is 0 Å². The summed E-state index contributed by atoms with van der Waals surface area (Å²) in [6, 6.07) is 1.74. The maximum Gasteiger partial charge on any atom is 0.322 e. The van der Waals surface area contributed by atoms with E-state index < -0.39 is 6.10 Å². The summed E-state index contributed by atoms with van der Waals surface area (Å²) in [5, 5.41) is 17.0. The maximum atomic E-state index is 12.4. The van der Waals surface area contributed by atoms with Gasteiger partial charge in [-0.2, -0.15) is 5.10 Å². The van der Waals surface area contributed by atoms with Gasteiger partial charge in [0.05, 0.1) is 17.3 Å². The summed E-state index contributed by atoms with van der Waals surface area (Å²) in [5.41, 5.74) is 0.618. The fourth-order valence-corrected chi connectivity index (χ4v) is 2.04. The van der Waals surface area contributed by atoms with E-state index >= 15 is 0 Å². The van der Waals surface area contributed by atoms with Crippen LogP contribution in [0.4, 0.5) is 10.6 Å². The van der Waals surface area contributed by atoms with Gasteiger partial charge in [0.2, 0.25) is 0 Å². The van der Waals surface area contributed by atoms with Crippen LogP contribution in [0.1, 0.15) is 60.6 Å². The van der Waals surface area contributed by atoms with E-state index in [2.05, 4.69) is 52.0 Å². The minimum absolute atomic E-state index is 0.0891. The number of nitrogens with zero attached hydrogens (tertiary/aromatic N) is 3. The highest BCUT2D eigenvalue weighted by Crippen LogP contribution is 2.28. The lowest BCUT2D eigenvalue weighted by Gasteiger charge is -2.24. The van der Waals surface area contributed by atoms with Crippen molar-refractivity contribution in [3.8, 4) is 0 Å². The van der Waals surface area contributed by atoms with Crippen LogP contribution in [0, 0.1) is 0 Å². The van der Waals surface area contributed by atoms with E-state index in [4.69, 9.17) is 0 Å². The number of aliphatic hydroxyl groups is 1. The molecule has 6 nitrogen and oxygen atoms in total. The fourth-order valence-electron chi connectivity index (χ4n) is 2.04. The second-order valence-electron chi connectivity index (χ2n) is 8.24. The molecule has 1 aromatic heterocycles. The smallest absolute Gasteiger partial charge is 0.322 e. The molecule has 0 saturated heterocycles. The van der Waals surface area contributed by atoms with Gasteiger partial charge in [-0.15, -0.1) is 0 Å². The third-order valence-electron chi connectivity index (χ3n) is 3.58. The lowest BCUT2D eigenvalue weighted by Crippen LogP contribution is -2.35. The minimum atomic E-state index is -0.419. The van der Waals surface area contributed by atoms with Crippen LogP contribution in [0.5, 0.6) is 0 Å². The average molecular weight is 324 g/mol. The first-order valence-electron chi connectivity index (χ1n) is 8.13. The number of nitrogens with one attached hydrogen (secondary N) is 1. The van der Waals surface area contributed by atoms with E-state index in [1.807, 2.05) is 10.7 Å². The molecule has 2 N–H and O–H groups in total. The molecular weight excluding hydrogens is 292 g/mol. The number of hydrogen-bond donors (Lipinski definition) is 2. The summed E-state index contributed by atoms with van der Waals surface area (Å²) < 4.78 is 1.86. The van der Waals surface area contributed by atoms with Gasteiger partial charge in [-0.05, 0) is 34.1 Å². The molecule has 132 valence electrons. The first-order chi connectivity index (χ1) is 10.3. The molecule has 23 heavy (non-hydrogen) atoms. The lowest BCUT2D eigenvalue weighted by molar-refractivity contribution is 0.167. The van der Waals surface area contributed by atoms with Gasteiger partial charge in [-0.3, -0.25) is 5.32 Å². The number of hydrogen-bond acceptors (Lipinski definition) is 3. The van der Waals surface area contributed by atoms with Crippen LogP contribution >= 0.6 is 0 Å². The number of aromatic nitrogens is 2. The van der Waals surface area contributed by atoms with Crippen LogP contribution in [0.3, 0.4) is 0 Å². The zero-order chi connectivity index (χ0) is 18.0. The van der Waals surface area contributed by atoms with E-state index in [1.165, 1.54) is 0 Å². The minimum Gasteiger partial charge on any atom is -0.393 e. The Labute approximate surface area is 139 Å². The largest absolute Gasteiger partial charge is 0.393 e. The second-order valence-corrected chi connectivity index (χ2v) is 8.24. The Morgan fingerprint density at radius 1 is 1.35 bits per heavy atom. The van der Waals surface area contributed by atoms with Gasteiger partial charge >= 0.3 is 6.03 Å². The SMILES string of the molecule is CC(O)CCN(C)C(=O)Nc1cc(C(C)(C)C)nn1C(C)(C)C. The fraction of sp³-hybridized carbons (Fsp3) is 0.765. The monoisotopic (exact) mass is 324 g/mol. The highest BCUT2D eigenvalue weighted by molar-refractivity contribution is 5.88. The van der Waals surface area contributed by atoms with Crippen molar-refractivity contribution in [2.24, 2.45) is 0 Å². The summed E-state index contributed by atoms with van der Waals surface area (Å²) >= 11 is 0. The topological polar surface area (TPSA) is 70.4 Å². The molecule has 1 atom stereocenters. The van der Waals surface area contributed by atoms with Gasteiger partial charge in [0.1, 0.15) is 5.82 Å². The van der Waals surface area contributed by atoms with Gasteiger partial charge in [0.15, 0.2) is 0 Å². The van der Waals surface area contributed by atoms with Gasteiger partial charge in [0, 0.05) is 25.1 Å². The Balaban J connectivity index is 2.98. The van der Waals surface area contributed by atoms with Crippen LogP contribution in [0.2, 0.25) is 0 Å². The van der Waals surface area contributed by atoms with Crippen LogP contribution in [-0.2, 0) is 11.0 Å². The normalized spacial score (nSPS) is 13.8. The average Bonchev–Trinajstić information content (AvgIpc) is 2.79. The summed E-state index contributed by atoms with van der Waals surface area (Å²) in [6.07, 6.45) is 0.133. The van der Waals surface area contributed by atoms with E-state index in [-0.39, 0.29) is 17.0 Å². The highest BCUT2D eigenvalue weighted by atomic mass is 16.3. The van der Waals surface area contributed by atoms with Crippen LogP contribution in [-0.4, -0.2) is 45.5 Å². The third-order valence-corrected chi connectivity index (χ3v) is 3.58. The molecule has 1 aromatic rings. The number of carbonyl (C=O) groups excluding carboxylic acids is 1. The number of aliphatic hydroxyl groups excluding tert-OH is 1. The van der Waals surface area contributed by atoms with Crippen molar-refractivity contribution in [2.75, 3.05) is 18.9 Å². The molecule has 1 heterocycles. The first kappa shape index (κ1) is 19.5. The molecule has 0 spiro atoms. The molecule has 0 bridgehead atoms. The molecule has 0 fully saturated rings. The van der Waals surface area contributed by atoms with Crippen molar-refractivity contribution in [3.05, 3.63) is 11.8 Å². The van der Waals surface area contributed by atoms with Crippen molar-refractivity contribution in [1.82, 2.24) is 14.7 Å². The van der Waals surface area contributed by atoms with Gasteiger partial charge < -0.3 is 10.0 Å². The Hall–Kier alpha value is -1.56. The molecule has 0 aliphatic rings. The first-order valence-corrected chi connectivity index (χ1v) is 8.13. The summed E-state index contributed by atoms with van der Waals surface area (Å²) in [4.78, 5) is 13.9. The van der Waals surface area contributed by atoms with Gasteiger partial charge in [-0.1, -0.05) is 20.8 Å². The van der Waals surface area contributed by atoms with E-state index in [0.717, 1.165) is 5.69 Å². The molecule has 2 amide bonds. The second kappa shape index (κ2) is 6.91. The lowest BCUT2D eigenvalue weighted by atomic mass is 9.92. The number of carbonyl (C=O) groups is 1. The molecule has 1 unspecified atom stereocenters. The number of rotatable bonds is 4. The number of anilines is 1. The van der Waals surface area contributed by atoms with E-state index in [1.54, 1.807) is 18.9 Å². The van der Waals surface area contributed by atoms with E-state index in [0.29, 0.717) is 18.8 Å². The van der Waals surface area contributed by atoms with Gasteiger partial charge in [0.25, 0.3) is 0 Å². The Morgan fingerprint density at radius 3 is 2.35 bits per heavy atom. The molecule has 0 aliphatic carbocycles. The number of amides is 2. The Bertz CT molecular complexity index is 536. The molecule has 0 aliphatic heterocycles. The zero-order valence-electron chi connectivity index (χ0n) is 15.8. The number of urea groups is 1. The van der Waals surface area contributed by atoms with Crippen molar-refractivity contribution < 1.29 is 9.90 Å². The summed E-state index contributed by atoms with van der Waals surface area (Å²) in [7, 11) is 1.72. The van der Waals surface area contributed by atoms with Crippen LogP contribution in [0.25, 0.3) is 0 Å².